The fourth-order valence-corrected chi connectivity index (χ4v) is 3.21. The van der Waals surface area contributed by atoms with Gasteiger partial charge in [-0.25, -0.2) is 13.8 Å². The molecule has 9 heteroatoms. The van der Waals surface area contributed by atoms with Crippen LogP contribution < -0.4 is 10.1 Å². The molecule has 0 unspecified atom stereocenters. The third-order valence-electron chi connectivity index (χ3n) is 4.60. The quantitative estimate of drug-likeness (QED) is 0.453. The summed E-state index contributed by atoms with van der Waals surface area (Å²) in [6.45, 7) is 2.26. The van der Waals surface area contributed by atoms with Gasteiger partial charge in [-0.15, -0.1) is 0 Å². The van der Waals surface area contributed by atoms with Crippen molar-refractivity contribution in [1.82, 2.24) is 4.98 Å². The molecule has 0 fully saturated rings. The van der Waals surface area contributed by atoms with E-state index in [1.54, 1.807) is 19.1 Å². The van der Waals surface area contributed by atoms with Gasteiger partial charge in [0, 0.05) is 24.8 Å². The summed E-state index contributed by atoms with van der Waals surface area (Å²) in [5.74, 6) is -0.486. The summed E-state index contributed by atoms with van der Waals surface area (Å²) in [5, 5.41) is 14.6. The monoisotopic (exact) mass is 413 g/mol. The number of nitrogens with zero attached hydrogens (tertiary/aromatic N) is 2. The lowest BCUT2D eigenvalue weighted by molar-refractivity contribution is -0.384. The zero-order valence-electron chi connectivity index (χ0n) is 15.9. The highest BCUT2D eigenvalue weighted by atomic mass is 19.1. The van der Waals surface area contributed by atoms with E-state index in [0.29, 0.717) is 34.7 Å². The molecule has 1 aliphatic heterocycles. The van der Waals surface area contributed by atoms with Gasteiger partial charge in [-0.05, 0) is 42.8 Å². The number of ether oxygens (including phenoxy) is 2. The Labute approximate surface area is 170 Å². The number of pyridine rings is 1. The Bertz CT molecular complexity index is 1110. The standard InChI is InChI=1S/C21H17F2N3O4/c1-2-29-21-16-10-17(26(27)28)20(24-11-12-3-5-13(22)6-4-12)25-19(16)15-9-14(23)7-8-18(15)30-21/h3-10,21H,2,11H2,1H3,(H,24,25)/t21-/m1/s1. The summed E-state index contributed by atoms with van der Waals surface area (Å²) in [4.78, 5) is 15.5. The third kappa shape index (κ3) is 3.79. The molecule has 0 saturated carbocycles. The second-order valence-electron chi connectivity index (χ2n) is 6.58. The van der Waals surface area contributed by atoms with Gasteiger partial charge in [-0.3, -0.25) is 10.1 Å². The number of rotatable bonds is 6. The molecule has 0 saturated heterocycles. The molecule has 2 heterocycles. The predicted octanol–water partition coefficient (Wildman–Crippen LogP) is 4.97. The largest absolute Gasteiger partial charge is 0.460 e. The van der Waals surface area contributed by atoms with Crippen LogP contribution in [0.1, 0.15) is 24.3 Å². The number of halogens is 2. The molecule has 30 heavy (non-hydrogen) atoms. The summed E-state index contributed by atoms with van der Waals surface area (Å²) in [5.41, 5.74) is 1.49. The van der Waals surface area contributed by atoms with E-state index < -0.39 is 17.0 Å². The van der Waals surface area contributed by atoms with Gasteiger partial charge >= 0.3 is 5.69 Å². The molecule has 2 aromatic carbocycles. The highest BCUT2D eigenvalue weighted by Gasteiger charge is 2.32. The van der Waals surface area contributed by atoms with Gasteiger partial charge < -0.3 is 14.8 Å². The van der Waals surface area contributed by atoms with Crippen LogP contribution in [0.15, 0.2) is 48.5 Å². The first-order valence-electron chi connectivity index (χ1n) is 9.22. The first-order chi connectivity index (χ1) is 14.5. The minimum atomic E-state index is -0.902. The first-order valence-corrected chi connectivity index (χ1v) is 9.22. The maximum Gasteiger partial charge on any atom is 0.311 e. The van der Waals surface area contributed by atoms with Gasteiger partial charge in [-0.1, -0.05) is 12.1 Å². The van der Waals surface area contributed by atoms with E-state index in [1.165, 1.54) is 36.4 Å². The van der Waals surface area contributed by atoms with E-state index in [2.05, 4.69) is 10.3 Å². The second-order valence-corrected chi connectivity index (χ2v) is 6.58. The minimum absolute atomic E-state index is 0.00966. The van der Waals surface area contributed by atoms with Crippen molar-refractivity contribution in [2.45, 2.75) is 19.8 Å². The van der Waals surface area contributed by atoms with Crippen LogP contribution in [0.2, 0.25) is 0 Å². The van der Waals surface area contributed by atoms with E-state index >= 15 is 0 Å². The van der Waals surface area contributed by atoms with Crippen molar-refractivity contribution >= 4 is 11.5 Å². The molecule has 0 bridgehead atoms. The molecule has 0 aliphatic carbocycles. The lowest BCUT2D eigenvalue weighted by Crippen LogP contribution is -2.19. The van der Waals surface area contributed by atoms with Crippen molar-refractivity contribution in [3.63, 3.8) is 0 Å². The van der Waals surface area contributed by atoms with Gasteiger partial charge in [-0.2, -0.15) is 0 Å². The molecule has 0 spiro atoms. The van der Waals surface area contributed by atoms with E-state index in [0.717, 1.165) is 0 Å². The maximum absolute atomic E-state index is 13.9. The fraction of sp³-hybridized carbons (Fsp3) is 0.190. The Balaban J connectivity index is 1.78. The molecule has 3 aromatic rings. The lowest BCUT2D eigenvalue weighted by atomic mass is 10.0. The van der Waals surface area contributed by atoms with Crippen LogP contribution in [0.5, 0.6) is 5.75 Å². The van der Waals surface area contributed by atoms with Crippen LogP contribution in [0, 0.1) is 21.7 Å². The van der Waals surface area contributed by atoms with Gasteiger partial charge in [0.2, 0.25) is 12.1 Å². The molecule has 0 amide bonds. The first kappa shape index (κ1) is 19.7. The Morgan fingerprint density at radius 1 is 1.17 bits per heavy atom. The van der Waals surface area contributed by atoms with Crippen molar-refractivity contribution in [3.8, 4) is 17.0 Å². The Morgan fingerprint density at radius 3 is 2.60 bits per heavy atom. The highest BCUT2D eigenvalue weighted by molar-refractivity contribution is 5.76. The topological polar surface area (TPSA) is 86.5 Å². The normalized spacial score (nSPS) is 14.4. The van der Waals surface area contributed by atoms with Gasteiger partial charge in [0.15, 0.2) is 0 Å². The average molecular weight is 413 g/mol. The van der Waals surface area contributed by atoms with Crippen molar-refractivity contribution in [1.29, 1.82) is 0 Å². The predicted molar refractivity (Wildman–Crippen MR) is 105 cm³/mol. The van der Waals surface area contributed by atoms with Gasteiger partial charge in [0.25, 0.3) is 0 Å². The van der Waals surface area contributed by atoms with E-state index in [9.17, 15) is 18.9 Å². The molecule has 1 aliphatic rings. The minimum Gasteiger partial charge on any atom is -0.460 e. The van der Waals surface area contributed by atoms with E-state index in [1.807, 2.05) is 0 Å². The Kier molecular flexibility index (Phi) is 5.28. The molecule has 7 nitrogen and oxygen atoms in total. The van der Waals surface area contributed by atoms with Crippen LogP contribution in [0.4, 0.5) is 20.3 Å². The molecule has 154 valence electrons. The number of nitrogens with one attached hydrogen (secondary N) is 1. The average Bonchev–Trinajstić information content (AvgIpc) is 2.73. The summed E-state index contributed by atoms with van der Waals surface area (Å²) >= 11 is 0. The Morgan fingerprint density at radius 2 is 1.90 bits per heavy atom. The number of fused-ring (bicyclic) bond motifs is 3. The molecule has 1 aromatic heterocycles. The maximum atomic E-state index is 13.9. The van der Waals surface area contributed by atoms with Crippen molar-refractivity contribution in [3.05, 3.63) is 81.4 Å². The van der Waals surface area contributed by atoms with Crippen LogP contribution in [0.25, 0.3) is 11.3 Å². The molecular formula is C21H17F2N3O4. The lowest BCUT2D eigenvalue weighted by Gasteiger charge is -2.28. The van der Waals surface area contributed by atoms with Crippen molar-refractivity contribution in [2.24, 2.45) is 0 Å². The molecule has 0 radical (unpaired) electrons. The summed E-state index contributed by atoms with van der Waals surface area (Å²) in [6, 6.07) is 11.0. The summed E-state index contributed by atoms with van der Waals surface area (Å²) in [6.07, 6.45) is -0.902. The smallest absolute Gasteiger partial charge is 0.311 e. The molecular weight excluding hydrogens is 396 g/mol. The zero-order valence-corrected chi connectivity index (χ0v) is 15.9. The zero-order chi connectivity index (χ0) is 21.3. The Hall–Kier alpha value is -3.59. The number of benzene rings is 2. The molecule has 1 N–H and O–H groups in total. The van der Waals surface area contributed by atoms with Crippen LogP contribution >= 0.6 is 0 Å². The van der Waals surface area contributed by atoms with Gasteiger partial charge in [0.1, 0.15) is 17.4 Å². The highest BCUT2D eigenvalue weighted by Crippen LogP contribution is 2.44. The van der Waals surface area contributed by atoms with Crippen molar-refractivity contribution < 1.29 is 23.2 Å². The van der Waals surface area contributed by atoms with Crippen LogP contribution in [-0.2, 0) is 11.3 Å². The van der Waals surface area contributed by atoms with Crippen LogP contribution in [-0.4, -0.2) is 16.5 Å². The van der Waals surface area contributed by atoms with E-state index in [4.69, 9.17) is 9.47 Å². The SMILES string of the molecule is CCO[C@@H]1Oc2ccc(F)cc2-c2nc(NCc3ccc(F)cc3)c([N+](=O)[O-])cc21. The molecule has 4 rings (SSSR count). The summed E-state index contributed by atoms with van der Waals surface area (Å²) < 4.78 is 38.3. The van der Waals surface area contributed by atoms with E-state index in [-0.39, 0.29) is 23.9 Å². The number of hydrogen-bond donors (Lipinski definition) is 1. The second kappa shape index (κ2) is 8.03. The number of hydrogen-bond acceptors (Lipinski definition) is 6. The van der Waals surface area contributed by atoms with Crippen molar-refractivity contribution in [2.75, 3.05) is 11.9 Å². The molecule has 1 atom stereocenters. The number of anilines is 1. The van der Waals surface area contributed by atoms with Crippen LogP contribution in [0.3, 0.4) is 0 Å². The third-order valence-corrected chi connectivity index (χ3v) is 4.60. The number of nitro groups is 1. The van der Waals surface area contributed by atoms with Gasteiger partial charge in [0.05, 0.1) is 16.2 Å². The summed E-state index contributed by atoms with van der Waals surface area (Å²) in [7, 11) is 0. The fourth-order valence-electron chi connectivity index (χ4n) is 3.21. The number of aromatic nitrogens is 1.